The number of benzene rings is 1. The summed E-state index contributed by atoms with van der Waals surface area (Å²) in [4.78, 5) is 25.4. The Morgan fingerprint density at radius 3 is 2.97 bits per heavy atom. The summed E-state index contributed by atoms with van der Waals surface area (Å²) in [5.41, 5.74) is 9.83. The molecule has 0 atom stereocenters. The average Bonchev–Trinajstić information content (AvgIpc) is 3.32. The lowest BCUT2D eigenvalue weighted by Gasteiger charge is -2.13. The average molecular weight is 463 g/mol. The molecule has 34 heavy (non-hydrogen) atoms. The number of nitrogen functional groups attached to an aromatic ring is 1. The number of nitrogens with one attached hydrogen (secondary N) is 2. The number of aromatic nitrogens is 3. The molecule has 0 fully saturated rings. The standard InChI is InChI=1S/C25H30N6O3/c1-16(2)33-11-4-9-27-24(32)18-6-3-5-17(13-18)14-29-23-19-8-12-34-22(19)20(15-30-23)21-7-10-28-25(26)31-21/h3,5-7,10,13,15-16H,4,8-9,11-12,14H2,1-2H3,(H,27,32)(H,29,30)(H2,26,28,31). The molecular weight excluding hydrogens is 432 g/mol. The molecule has 9 nitrogen and oxygen atoms in total. The summed E-state index contributed by atoms with van der Waals surface area (Å²) < 4.78 is 11.4. The third-order valence-corrected chi connectivity index (χ3v) is 5.38. The highest BCUT2D eigenvalue weighted by Gasteiger charge is 2.23. The number of pyridine rings is 1. The van der Waals surface area contributed by atoms with Gasteiger partial charge < -0.3 is 25.8 Å². The van der Waals surface area contributed by atoms with Crippen LogP contribution in [0.3, 0.4) is 0 Å². The van der Waals surface area contributed by atoms with Crippen molar-refractivity contribution < 1.29 is 14.3 Å². The molecule has 178 valence electrons. The first kappa shape index (κ1) is 23.4. The second-order valence-electron chi connectivity index (χ2n) is 8.31. The van der Waals surface area contributed by atoms with Crippen molar-refractivity contribution in [3.8, 4) is 17.0 Å². The van der Waals surface area contributed by atoms with Crippen LogP contribution in [0.25, 0.3) is 11.3 Å². The second-order valence-corrected chi connectivity index (χ2v) is 8.31. The summed E-state index contributed by atoms with van der Waals surface area (Å²) in [6.45, 7) is 6.32. The summed E-state index contributed by atoms with van der Waals surface area (Å²) in [6, 6.07) is 9.36. The van der Waals surface area contributed by atoms with Crippen LogP contribution < -0.4 is 21.1 Å². The predicted octanol–water partition coefficient (Wildman–Crippen LogP) is 3.21. The molecule has 0 unspecified atom stereocenters. The van der Waals surface area contributed by atoms with E-state index in [0.29, 0.717) is 37.6 Å². The second kappa shape index (κ2) is 10.9. The molecule has 0 saturated carbocycles. The Balaban J connectivity index is 1.39. The third-order valence-electron chi connectivity index (χ3n) is 5.38. The summed E-state index contributed by atoms with van der Waals surface area (Å²) in [7, 11) is 0. The fourth-order valence-electron chi connectivity index (χ4n) is 3.75. The first-order valence-electron chi connectivity index (χ1n) is 11.5. The number of ether oxygens (including phenoxy) is 2. The third kappa shape index (κ3) is 5.79. The van der Waals surface area contributed by atoms with Crippen molar-refractivity contribution in [1.82, 2.24) is 20.3 Å². The Hall–Kier alpha value is -3.72. The summed E-state index contributed by atoms with van der Waals surface area (Å²) in [6.07, 6.45) is 5.09. The Morgan fingerprint density at radius 1 is 1.26 bits per heavy atom. The van der Waals surface area contributed by atoms with E-state index < -0.39 is 0 Å². The summed E-state index contributed by atoms with van der Waals surface area (Å²) in [5, 5.41) is 6.34. The van der Waals surface area contributed by atoms with Crippen molar-refractivity contribution >= 4 is 17.7 Å². The fraction of sp³-hybridized carbons (Fsp3) is 0.360. The smallest absolute Gasteiger partial charge is 0.251 e. The van der Waals surface area contributed by atoms with Gasteiger partial charge in [0.1, 0.15) is 11.6 Å². The van der Waals surface area contributed by atoms with Crippen LogP contribution in [0.5, 0.6) is 5.75 Å². The van der Waals surface area contributed by atoms with Crippen LogP contribution in [0.2, 0.25) is 0 Å². The van der Waals surface area contributed by atoms with E-state index in [4.69, 9.17) is 15.2 Å². The van der Waals surface area contributed by atoms with E-state index >= 15 is 0 Å². The monoisotopic (exact) mass is 462 g/mol. The van der Waals surface area contributed by atoms with Crippen LogP contribution in [0.4, 0.5) is 11.8 Å². The van der Waals surface area contributed by atoms with Crippen molar-refractivity contribution in [2.45, 2.75) is 39.3 Å². The Labute approximate surface area is 199 Å². The van der Waals surface area contributed by atoms with Gasteiger partial charge in [-0.25, -0.2) is 15.0 Å². The quantitative estimate of drug-likeness (QED) is 0.392. The normalized spacial score (nSPS) is 12.3. The maximum Gasteiger partial charge on any atom is 0.251 e. The highest BCUT2D eigenvalue weighted by atomic mass is 16.5. The van der Waals surface area contributed by atoms with Gasteiger partial charge in [-0.15, -0.1) is 0 Å². The van der Waals surface area contributed by atoms with Crippen LogP contribution in [-0.2, 0) is 17.7 Å². The molecule has 0 saturated heterocycles. The number of anilines is 2. The van der Waals surface area contributed by atoms with Crippen molar-refractivity contribution in [1.29, 1.82) is 0 Å². The molecule has 9 heteroatoms. The van der Waals surface area contributed by atoms with E-state index in [9.17, 15) is 4.79 Å². The number of hydrogen-bond acceptors (Lipinski definition) is 8. The summed E-state index contributed by atoms with van der Waals surface area (Å²) >= 11 is 0. The first-order chi connectivity index (χ1) is 16.5. The molecule has 4 rings (SSSR count). The molecule has 1 aliphatic heterocycles. The molecule has 3 aromatic rings. The van der Waals surface area contributed by atoms with Crippen LogP contribution >= 0.6 is 0 Å². The van der Waals surface area contributed by atoms with Crippen molar-refractivity contribution in [3.05, 3.63) is 59.4 Å². The van der Waals surface area contributed by atoms with E-state index in [1.807, 2.05) is 38.1 Å². The summed E-state index contributed by atoms with van der Waals surface area (Å²) in [5.74, 6) is 1.65. The van der Waals surface area contributed by atoms with E-state index in [0.717, 1.165) is 41.1 Å². The Morgan fingerprint density at radius 2 is 2.15 bits per heavy atom. The zero-order valence-corrected chi connectivity index (χ0v) is 19.5. The SMILES string of the molecule is CC(C)OCCCNC(=O)c1cccc(CNc2ncc(-c3ccnc(N)n3)c3c2CCO3)c1. The van der Waals surface area contributed by atoms with Crippen LogP contribution in [0.1, 0.15) is 41.8 Å². The van der Waals surface area contributed by atoms with Gasteiger partial charge in [0.15, 0.2) is 0 Å². The number of fused-ring (bicyclic) bond motifs is 1. The van der Waals surface area contributed by atoms with Gasteiger partial charge in [-0.1, -0.05) is 12.1 Å². The van der Waals surface area contributed by atoms with Gasteiger partial charge in [0.2, 0.25) is 5.95 Å². The topological polar surface area (TPSA) is 124 Å². The van der Waals surface area contributed by atoms with Crippen molar-refractivity contribution in [2.24, 2.45) is 0 Å². The molecular formula is C25H30N6O3. The molecule has 1 aliphatic rings. The molecule has 3 heterocycles. The minimum atomic E-state index is -0.0905. The van der Waals surface area contributed by atoms with Gasteiger partial charge in [0.25, 0.3) is 5.91 Å². The molecule has 0 radical (unpaired) electrons. The first-order valence-corrected chi connectivity index (χ1v) is 11.5. The number of carbonyl (C=O) groups excluding carboxylic acids is 1. The highest BCUT2D eigenvalue weighted by molar-refractivity contribution is 5.94. The van der Waals surface area contributed by atoms with Gasteiger partial charge in [0.05, 0.1) is 24.0 Å². The Bertz CT molecular complexity index is 1150. The lowest BCUT2D eigenvalue weighted by molar-refractivity contribution is 0.0757. The molecule has 0 bridgehead atoms. The zero-order valence-electron chi connectivity index (χ0n) is 19.5. The number of rotatable bonds is 10. The minimum Gasteiger partial charge on any atom is -0.492 e. The fourth-order valence-corrected chi connectivity index (χ4v) is 3.75. The highest BCUT2D eigenvalue weighted by Crippen LogP contribution is 2.39. The number of nitrogens with two attached hydrogens (primary N) is 1. The molecule has 0 aliphatic carbocycles. The van der Waals surface area contributed by atoms with E-state index in [1.165, 1.54) is 0 Å². The molecule has 0 spiro atoms. The molecule has 1 aromatic carbocycles. The Kier molecular flexibility index (Phi) is 7.54. The van der Waals surface area contributed by atoms with Crippen molar-refractivity contribution in [3.63, 3.8) is 0 Å². The van der Waals surface area contributed by atoms with Gasteiger partial charge >= 0.3 is 0 Å². The number of nitrogens with zero attached hydrogens (tertiary/aromatic N) is 3. The van der Waals surface area contributed by atoms with E-state index in [2.05, 4.69) is 25.6 Å². The lowest BCUT2D eigenvalue weighted by Crippen LogP contribution is -2.25. The number of hydrogen-bond donors (Lipinski definition) is 3. The zero-order chi connectivity index (χ0) is 23.9. The maximum atomic E-state index is 12.5. The molecule has 2 aromatic heterocycles. The molecule has 1 amide bonds. The number of carbonyl (C=O) groups is 1. The van der Waals surface area contributed by atoms with E-state index in [1.54, 1.807) is 18.5 Å². The lowest BCUT2D eigenvalue weighted by atomic mass is 10.1. The predicted molar refractivity (Wildman–Crippen MR) is 131 cm³/mol. The van der Waals surface area contributed by atoms with Crippen molar-refractivity contribution in [2.75, 3.05) is 30.8 Å². The largest absolute Gasteiger partial charge is 0.492 e. The van der Waals surface area contributed by atoms with Crippen LogP contribution in [0.15, 0.2) is 42.7 Å². The van der Waals surface area contributed by atoms with Gasteiger partial charge in [0, 0.05) is 49.6 Å². The van der Waals surface area contributed by atoms with E-state index in [-0.39, 0.29) is 18.0 Å². The van der Waals surface area contributed by atoms with Gasteiger partial charge in [-0.2, -0.15) is 0 Å². The van der Waals surface area contributed by atoms with Crippen LogP contribution in [-0.4, -0.2) is 46.7 Å². The van der Waals surface area contributed by atoms with Gasteiger partial charge in [-0.05, 0) is 44.0 Å². The maximum absolute atomic E-state index is 12.5. The minimum absolute atomic E-state index is 0.0905. The van der Waals surface area contributed by atoms with Gasteiger partial charge in [-0.3, -0.25) is 4.79 Å². The molecule has 4 N–H and O–H groups in total. The van der Waals surface area contributed by atoms with Crippen LogP contribution in [0, 0.1) is 0 Å². The number of amides is 1.